The molecular formula is C19H30N2O4. The molecule has 0 aromatic heterocycles. The molecule has 1 aliphatic heterocycles. The highest BCUT2D eigenvalue weighted by molar-refractivity contribution is 5.69. The van der Waals surface area contributed by atoms with Crippen LogP contribution < -0.4 is 14.8 Å². The van der Waals surface area contributed by atoms with E-state index in [1.165, 1.54) is 0 Å². The fourth-order valence-electron chi connectivity index (χ4n) is 3.03. The number of hydrogen-bond donors (Lipinski definition) is 1. The van der Waals surface area contributed by atoms with Crippen molar-refractivity contribution in [2.45, 2.75) is 58.3 Å². The molecule has 0 bridgehead atoms. The van der Waals surface area contributed by atoms with Gasteiger partial charge < -0.3 is 24.4 Å². The van der Waals surface area contributed by atoms with Crippen molar-refractivity contribution in [3.63, 3.8) is 0 Å². The molecule has 0 saturated carbocycles. The lowest BCUT2D eigenvalue weighted by Crippen LogP contribution is -2.44. The predicted octanol–water partition coefficient (Wildman–Crippen LogP) is 3.19. The molecule has 1 aliphatic rings. The Morgan fingerprint density at radius 2 is 2.00 bits per heavy atom. The van der Waals surface area contributed by atoms with Gasteiger partial charge in [-0.25, -0.2) is 4.79 Å². The van der Waals surface area contributed by atoms with Crippen LogP contribution in [-0.4, -0.2) is 49.4 Å². The molecule has 140 valence electrons. The van der Waals surface area contributed by atoms with E-state index in [-0.39, 0.29) is 18.2 Å². The van der Waals surface area contributed by atoms with Crippen LogP contribution in [0.4, 0.5) is 4.79 Å². The number of ether oxygens (including phenoxy) is 3. The first kappa shape index (κ1) is 19.4. The fraction of sp³-hybridized carbons (Fsp3) is 0.632. The molecule has 1 aromatic carbocycles. The quantitative estimate of drug-likeness (QED) is 0.884. The molecule has 6 heteroatoms. The molecule has 1 fully saturated rings. The maximum Gasteiger partial charge on any atom is 0.410 e. The van der Waals surface area contributed by atoms with Gasteiger partial charge in [0.2, 0.25) is 0 Å². The lowest BCUT2D eigenvalue weighted by molar-refractivity contribution is 0.0229. The van der Waals surface area contributed by atoms with Crippen molar-refractivity contribution in [2.75, 3.05) is 20.8 Å². The Morgan fingerprint density at radius 3 is 2.60 bits per heavy atom. The first-order valence-corrected chi connectivity index (χ1v) is 8.69. The monoisotopic (exact) mass is 350 g/mol. The molecule has 1 aromatic rings. The molecule has 1 amide bonds. The Kier molecular flexibility index (Phi) is 6.16. The number of rotatable bonds is 5. The molecule has 2 rings (SSSR count). The molecule has 25 heavy (non-hydrogen) atoms. The summed E-state index contributed by atoms with van der Waals surface area (Å²) in [6.07, 6.45) is 0.658. The summed E-state index contributed by atoms with van der Waals surface area (Å²) in [6.45, 7) is 9.09. The Balaban J connectivity index is 1.95. The van der Waals surface area contributed by atoms with Gasteiger partial charge in [0.1, 0.15) is 17.1 Å². The van der Waals surface area contributed by atoms with Crippen LogP contribution in [0.3, 0.4) is 0 Å². The summed E-state index contributed by atoms with van der Waals surface area (Å²) in [5, 5.41) is 3.54. The molecule has 0 aliphatic carbocycles. The van der Waals surface area contributed by atoms with E-state index in [0.717, 1.165) is 23.5 Å². The maximum absolute atomic E-state index is 12.3. The lowest BCUT2D eigenvalue weighted by atomic mass is 10.1. The van der Waals surface area contributed by atoms with Crippen LogP contribution in [-0.2, 0) is 11.3 Å². The minimum absolute atomic E-state index is 0.0825. The molecule has 0 radical (unpaired) electrons. The van der Waals surface area contributed by atoms with Crippen LogP contribution in [0, 0.1) is 0 Å². The number of amides is 1. The van der Waals surface area contributed by atoms with Gasteiger partial charge in [-0.3, -0.25) is 0 Å². The zero-order valence-electron chi connectivity index (χ0n) is 16.1. The molecule has 1 saturated heterocycles. The molecule has 0 spiro atoms. The van der Waals surface area contributed by atoms with Gasteiger partial charge in [0.05, 0.1) is 14.2 Å². The third kappa shape index (κ3) is 5.01. The SMILES string of the molecule is COc1ccc(CNC2CCN(C(=O)OC(C)(C)C)C2C)c(OC)c1. The Labute approximate surface area is 150 Å². The van der Waals surface area contributed by atoms with Crippen LogP contribution in [0.2, 0.25) is 0 Å². The van der Waals surface area contributed by atoms with Gasteiger partial charge in [-0.15, -0.1) is 0 Å². The molecule has 6 nitrogen and oxygen atoms in total. The normalized spacial score (nSPS) is 20.5. The summed E-state index contributed by atoms with van der Waals surface area (Å²) in [6, 6.07) is 6.10. The second-order valence-corrected chi connectivity index (χ2v) is 7.37. The van der Waals surface area contributed by atoms with Gasteiger partial charge >= 0.3 is 6.09 Å². The van der Waals surface area contributed by atoms with Gasteiger partial charge in [-0.2, -0.15) is 0 Å². The van der Waals surface area contributed by atoms with E-state index in [4.69, 9.17) is 14.2 Å². The summed E-state index contributed by atoms with van der Waals surface area (Å²) < 4.78 is 16.2. The van der Waals surface area contributed by atoms with E-state index < -0.39 is 5.60 Å². The van der Waals surface area contributed by atoms with Crippen LogP contribution >= 0.6 is 0 Å². The number of nitrogens with one attached hydrogen (secondary N) is 1. The van der Waals surface area contributed by atoms with Gasteiger partial charge in [-0.05, 0) is 40.2 Å². The zero-order chi connectivity index (χ0) is 18.6. The number of methoxy groups -OCH3 is 2. The second kappa shape index (κ2) is 7.95. The second-order valence-electron chi connectivity index (χ2n) is 7.37. The van der Waals surface area contributed by atoms with Crippen LogP contribution in [0.15, 0.2) is 18.2 Å². The Bertz CT molecular complexity index is 598. The highest BCUT2D eigenvalue weighted by atomic mass is 16.6. The van der Waals surface area contributed by atoms with E-state index in [0.29, 0.717) is 13.1 Å². The van der Waals surface area contributed by atoms with Crippen molar-refractivity contribution in [1.82, 2.24) is 10.2 Å². The summed E-state index contributed by atoms with van der Waals surface area (Å²) in [4.78, 5) is 14.1. The summed E-state index contributed by atoms with van der Waals surface area (Å²) in [5.41, 5.74) is 0.588. The van der Waals surface area contributed by atoms with Crippen molar-refractivity contribution in [3.8, 4) is 11.5 Å². The number of carbonyl (C=O) groups is 1. The summed E-state index contributed by atoms with van der Waals surface area (Å²) >= 11 is 0. The average molecular weight is 350 g/mol. The van der Waals surface area contributed by atoms with Crippen molar-refractivity contribution in [1.29, 1.82) is 0 Å². The van der Waals surface area contributed by atoms with Crippen molar-refractivity contribution >= 4 is 6.09 Å². The summed E-state index contributed by atoms with van der Waals surface area (Å²) in [5.74, 6) is 1.56. The van der Waals surface area contributed by atoms with E-state index in [1.54, 1.807) is 19.1 Å². The number of nitrogens with zero attached hydrogens (tertiary/aromatic N) is 1. The number of hydrogen-bond acceptors (Lipinski definition) is 5. The Morgan fingerprint density at radius 1 is 1.28 bits per heavy atom. The molecule has 1 N–H and O–H groups in total. The highest BCUT2D eigenvalue weighted by Crippen LogP contribution is 2.26. The van der Waals surface area contributed by atoms with Crippen molar-refractivity contribution < 1.29 is 19.0 Å². The first-order valence-electron chi connectivity index (χ1n) is 8.69. The number of benzene rings is 1. The van der Waals surface area contributed by atoms with Gasteiger partial charge in [-0.1, -0.05) is 6.07 Å². The smallest absolute Gasteiger partial charge is 0.410 e. The van der Waals surface area contributed by atoms with Crippen molar-refractivity contribution in [3.05, 3.63) is 23.8 Å². The standard InChI is InChI=1S/C19H30N2O4/c1-13-16(9-10-21(13)18(22)25-19(2,3)4)20-12-14-7-8-15(23-5)11-17(14)24-6/h7-8,11,13,16,20H,9-10,12H2,1-6H3. The first-order chi connectivity index (χ1) is 11.7. The number of carbonyl (C=O) groups excluding carboxylic acids is 1. The molecular weight excluding hydrogens is 320 g/mol. The fourth-order valence-corrected chi connectivity index (χ4v) is 3.03. The minimum atomic E-state index is -0.473. The zero-order valence-corrected chi connectivity index (χ0v) is 16.1. The van der Waals surface area contributed by atoms with E-state index in [9.17, 15) is 4.79 Å². The van der Waals surface area contributed by atoms with Gasteiger partial charge in [0, 0.05) is 36.8 Å². The molecule has 2 atom stereocenters. The molecule has 1 heterocycles. The van der Waals surface area contributed by atoms with Gasteiger partial charge in [0.25, 0.3) is 0 Å². The van der Waals surface area contributed by atoms with Gasteiger partial charge in [0.15, 0.2) is 0 Å². The third-order valence-corrected chi connectivity index (χ3v) is 4.43. The van der Waals surface area contributed by atoms with E-state index in [1.807, 2.05) is 39.0 Å². The predicted molar refractivity (Wildman–Crippen MR) is 97.2 cm³/mol. The van der Waals surface area contributed by atoms with Crippen LogP contribution in [0.1, 0.15) is 39.7 Å². The van der Waals surface area contributed by atoms with E-state index in [2.05, 4.69) is 12.2 Å². The summed E-state index contributed by atoms with van der Waals surface area (Å²) in [7, 11) is 3.29. The lowest BCUT2D eigenvalue weighted by Gasteiger charge is -2.28. The maximum atomic E-state index is 12.3. The average Bonchev–Trinajstić information content (AvgIpc) is 2.92. The minimum Gasteiger partial charge on any atom is -0.497 e. The van der Waals surface area contributed by atoms with Crippen LogP contribution in [0.5, 0.6) is 11.5 Å². The number of likely N-dealkylation sites (tertiary alicyclic amines) is 1. The van der Waals surface area contributed by atoms with Crippen LogP contribution in [0.25, 0.3) is 0 Å². The topological polar surface area (TPSA) is 60.0 Å². The van der Waals surface area contributed by atoms with E-state index >= 15 is 0 Å². The highest BCUT2D eigenvalue weighted by Gasteiger charge is 2.35. The largest absolute Gasteiger partial charge is 0.497 e. The Hall–Kier alpha value is -1.95. The molecule has 2 unspecified atom stereocenters. The third-order valence-electron chi connectivity index (χ3n) is 4.43. The van der Waals surface area contributed by atoms with Crippen molar-refractivity contribution in [2.24, 2.45) is 0 Å².